The van der Waals surface area contributed by atoms with Crippen LogP contribution in [0.15, 0.2) is 16.3 Å². The lowest BCUT2D eigenvalue weighted by Crippen LogP contribution is -2.35. The van der Waals surface area contributed by atoms with E-state index in [1.54, 1.807) is 17.0 Å². The standard InChI is InChI=1S/C15H23N3O4S2/c1-11(10-18-7-3-4-14(18)20)8-17-24(21,22)15-6-5-13(23-15)9-16-12(2)19/h5-6,11,17H,3-4,7-10H2,1-2H3,(H,16,19)/t11-/m0/s1. The van der Waals surface area contributed by atoms with Crippen molar-refractivity contribution in [3.8, 4) is 0 Å². The van der Waals surface area contributed by atoms with Crippen LogP contribution in [0, 0.1) is 5.92 Å². The summed E-state index contributed by atoms with van der Waals surface area (Å²) in [5, 5.41) is 2.64. The van der Waals surface area contributed by atoms with E-state index in [1.165, 1.54) is 6.92 Å². The zero-order chi connectivity index (χ0) is 17.7. The Hall–Kier alpha value is -1.45. The first-order valence-electron chi connectivity index (χ1n) is 7.88. The quantitative estimate of drug-likeness (QED) is 0.708. The highest BCUT2D eigenvalue weighted by Gasteiger charge is 2.23. The fourth-order valence-electron chi connectivity index (χ4n) is 2.47. The molecule has 1 aromatic heterocycles. The summed E-state index contributed by atoms with van der Waals surface area (Å²) in [6, 6.07) is 3.24. The number of thiophene rings is 1. The van der Waals surface area contributed by atoms with Gasteiger partial charge in [-0.3, -0.25) is 9.59 Å². The first-order valence-corrected chi connectivity index (χ1v) is 10.2. The number of hydrogen-bond donors (Lipinski definition) is 2. The Kier molecular flexibility index (Phi) is 6.36. The maximum absolute atomic E-state index is 12.3. The predicted octanol–water partition coefficient (Wildman–Crippen LogP) is 0.921. The molecule has 2 amide bonds. The number of sulfonamides is 1. The van der Waals surface area contributed by atoms with E-state index in [-0.39, 0.29) is 28.5 Å². The lowest BCUT2D eigenvalue weighted by molar-refractivity contribution is -0.128. The zero-order valence-corrected chi connectivity index (χ0v) is 15.5. The molecular weight excluding hydrogens is 350 g/mol. The molecule has 2 N–H and O–H groups in total. The second kappa shape index (κ2) is 8.09. The fraction of sp³-hybridized carbons (Fsp3) is 0.600. The van der Waals surface area contributed by atoms with E-state index in [0.717, 1.165) is 29.2 Å². The minimum atomic E-state index is -3.57. The van der Waals surface area contributed by atoms with Crippen molar-refractivity contribution >= 4 is 33.2 Å². The van der Waals surface area contributed by atoms with Crippen molar-refractivity contribution < 1.29 is 18.0 Å². The van der Waals surface area contributed by atoms with Gasteiger partial charge in [-0.05, 0) is 24.5 Å². The van der Waals surface area contributed by atoms with Crippen LogP contribution in [0.4, 0.5) is 0 Å². The van der Waals surface area contributed by atoms with Crippen LogP contribution in [0.3, 0.4) is 0 Å². The third kappa shape index (κ3) is 5.29. The summed E-state index contributed by atoms with van der Waals surface area (Å²) in [6.07, 6.45) is 1.47. The summed E-state index contributed by atoms with van der Waals surface area (Å²) in [4.78, 5) is 25.1. The van der Waals surface area contributed by atoms with E-state index in [9.17, 15) is 18.0 Å². The molecule has 1 aromatic rings. The Morgan fingerprint density at radius 1 is 1.42 bits per heavy atom. The van der Waals surface area contributed by atoms with Gasteiger partial charge in [0.2, 0.25) is 21.8 Å². The second-order valence-electron chi connectivity index (χ2n) is 6.03. The highest BCUT2D eigenvalue weighted by Crippen LogP contribution is 2.21. The van der Waals surface area contributed by atoms with Crippen molar-refractivity contribution in [3.05, 3.63) is 17.0 Å². The minimum Gasteiger partial charge on any atom is -0.351 e. The number of nitrogens with one attached hydrogen (secondary N) is 2. The number of nitrogens with zero attached hydrogens (tertiary/aromatic N) is 1. The number of carbonyl (C=O) groups excluding carboxylic acids is 2. The third-order valence-corrected chi connectivity index (χ3v) is 6.74. The molecule has 7 nitrogen and oxygen atoms in total. The molecule has 24 heavy (non-hydrogen) atoms. The molecule has 0 saturated carbocycles. The number of rotatable bonds is 8. The first-order chi connectivity index (χ1) is 11.3. The van der Waals surface area contributed by atoms with Gasteiger partial charge in [-0.2, -0.15) is 0 Å². The van der Waals surface area contributed by atoms with Gasteiger partial charge in [0.05, 0.1) is 6.54 Å². The Morgan fingerprint density at radius 2 is 2.17 bits per heavy atom. The van der Waals surface area contributed by atoms with Crippen LogP contribution in [0.25, 0.3) is 0 Å². The number of hydrogen-bond acceptors (Lipinski definition) is 5. The summed E-state index contributed by atoms with van der Waals surface area (Å²) < 4.78 is 27.5. The van der Waals surface area contributed by atoms with Crippen molar-refractivity contribution in [2.24, 2.45) is 5.92 Å². The molecule has 134 valence electrons. The van der Waals surface area contributed by atoms with Crippen LogP contribution in [0.5, 0.6) is 0 Å². The first kappa shape index (κ1) is 18.9. The van der Waals surface area contributed by atoms with Crippen molar-refractivity contribution in [2.45, 2.75) is 37.4 Å². The normalized spacial score (nSPS) is 16.4. The van der Waals surface area contributed by atoms with E-state index in [0.29, 0.717) is 19.5 Å². The van der Waals surface area contributed by atoms with Gasteiger partial charge in [-0.15, -0.1) is 11.3 Å². The van der Waals surface area contributed by atoms with Crippen LogP contribution in [0.1, 0.15) is 31.6 Å². The highest BCUT2D eigenvalue weighted by atomic mass is 32.2. The van der Waals surface area contributed by atoms with Gasteiger partial charge in [0.25, 0.3) is 0 Å². The summed E-state index contributed by atoms with van der Waals surface area (Å²) in [5.41, 5.74) is 0. The Bertz CT molecular complexity index is 699. The summed E-state index contributed by atoms with van der Waals surface area (Å²) in [7, 11) is -3.57. The van der Waals surface area contributed by atoms with Gasteiger partial charge in [0.1, 0.15) is 4.21 Å². The highest BCUT2D eigenvalue weighted by molar-refractivity contribution is 7.91. The van der Waals surface area contributed by atoms with Gasteiger partial charge < -0.3 is 10.2 Å². The molecule has 9 heteroatoms. The Labute approximate surface area is 146 Å². The van der Waals surface area contributed by atoms with Crippen LogP contribution >= 0.6 is 11.3 Å². The molecule has 0 spiro atoms. The predicted molar refractivity (Wildman–Crippen MR) is 92.0 cm³/mol. The van der Waals surface area contributed by atoms with Crippen molar-refractivity contribution in [1.82, 2.24) is 14.9 Å². The molecular formula is C15H23N3O4S2. The maximum Gasteiger partial charge on any atom is 0.250 e. The van der Waals surface area contributed by atoms with Crippen LogP contribution in [-0.2, 0) is 26.2 Å². The number of likely N-dealkylation sites (tertiary alicyclic amines) is 1. The van der Waals surface area contributed by atoms with Gasteiger partial charge in [0.15, 0.2) is 0 Å². The number of amides is 2. The van der Waals surface area contributed by atoms with E-state index in [4.69, 9.17) is 0 Å². The van der Waals surface area contributed by atoms with Crippen LogP contribution < -0.4 is 10.0 Å². The van der Waals surface area contributed by atoms with Gasteiger partial charge in [0, 0.05) is 37.9 Å². The van der Waals surface area contributed by atoms with Crippen molar-refractivity contribution in [3.63, 3.8) is 0 Å². The molecule has 1 atom stereocenters. The molecule has 0 bridgehead atoms. The van der Waals surface area contributed by atoms with Gasteiger partial charge >= 0.3 is 0 Å². The average Bonchev–Trinajstić information content (AvgIpc) is 3.13. The van der Waals surface area contributed by atoms with Crippen LogP contribution in [-0.4, -0.2) is 44.8 Å². The van der Waals surface area contributed by atoms with E-state index >= 15 is 0 Å². The molecule has 0 radical (unpaired) electrons. The monoisotopic (exact) mass is 373 g/mol. The third-order valence-electron chi connectivity index (χ3n) is 3.74. The Morgan fingerprint density at radius 3 is 2.79 bits per heavy atom. The molecule has 2 rings (SSSR count). The molecule has 1 aliphatic heterocycles. The van der Waals surface area contributed by atoms with E-state index in [2.05, 4.69) is 10.0 Å². The van der Waals surface area contributed by atoms with Gasteiger partial charge in [-0.1, -0.05) is 6.92 Å². The summed E-state index contributed by atoms with van der Waals surface area (Å²) >= 11 is 1.14. The summed E-state index contributed by atoms with van der Waals surface area (Å²) in [5.74, 6) is 0.0300. The zero-order valence-electron chi connectivity index (χ0n) is 13.9. The average molecular weight is 374 g/mol. The van der Waals surface area contributed by atoms with Crippen LogP contribution in [0.2, 0.25) is 0 Å². The lowest BCUT2D eigenvalue weighted by atomic mass is 10.2. The summed E-state index contributed by atoms with van der Waals surface area (Å²) in [6.45, 7) is 5.27. The lowest BCUT2D eigenvalue weighted by Gasteiger charge is -2.20. The van der Waals surface area contributed by atoms with Crippen molar-refractivity contribution in [1.29, 1.82) is 0 Å². The SMILES string of the molecule is CC(=O)NCc1ccc(S(=O)(=O)NC[C@H](C)CN2CCCC2=O)s1. The maximum atomic E-state index is 12.3. The smallest absolute Gasteiger partial charge is 0.250 e. The molecule has 1 saturated heterocycles. The molecule has 0 unspecified atom stereocenters. The molecule has 0 aromatic carbocycles. The molecule has 1 fully saturated rings. The number of carbonyl (C=O) groups is 2. The van der Waals surface area contributed by atoms with Gasteiger partial charge in [-0.25, -0.2) is 13.1 Å². The second-order valence-corrected chi connectivity index (χ2v) is 9.19. The molecule has 2 heterocycles. The largest absolute Gasteiger partial charge is 0.351 e. The fourth-order valence-corrected chi connectivity index (χ4v) is 4.98. The molecule has 1 aliphatic rings. The van der Waals surface area contributed by atoms with E-state index < -0.39 is 10.0 Å². The minimum absolute atomic E-state index is 0.0423. The van der Waals surface area contributed by atoms with Crippen molar-refractivity contribution in [2.75, 3.05) is 19.6 Å². The Balaban J connectivity index is 1.86. The van der Waals surface area contributed by atoms with E-state index in [1.807, 2.05) is 6.92 Å². The topological polar surface area (TPSA) is 95.6 Å². The molecule has 0 aliphatic carbocycles.